The SMILES string of the molecule is COc1cccc(COc2c(Br)cc(CCC(=O)O)cc2Br)c1. The van der Waals surface area contributed by atoms with E-state index in [0.29, 0.717) is 18.8 Å². The van der Waals surface area contributed by atoms with Gasteiger partial charge in [-0.3, -0.25) is 4.79 Å². The molecule has 2 rings (SSSR count). The Balaban J connectivity index is 2.09. The molecule has 1 N–H and O–H groups in total. The highest BCUT2D eigenvalue weighted by Gasteiger charge is 2.10. The number of methoxy groups -OCH3 is 1. The van der Waals surface area contributed by atoms with E-state index in [1.807, 2.05) is 36.4 Å². The van der Waals surface area contributed by atoms with Gasteiger partial charge in [0.15, 0.2) is 0 Å². The molecule has 0 unspecified atom stereocenters. The van der Waals surface area contributed by atoms with Gasteiger partial charge in [-0.1, -0.05) is 12.1 Å². The molecule has 0 saturated carbocycles. The van der Waals surface area contributed by atoms with Crippen molar-refractivity contribution in [1.29, 1.82) is 0 Å². The summed E-state index contributed by atoms with van der Waals surface area (Å²) in [5.41, 5.74) is 1.93. The quantitative estimate of drug-likeness (QED) is 0.666. The summed E-state index contributed by atoms with van der Waals surface area (Å²) in [7, 11) is 1.63. The van der Waals surface area contributed by atoms with E-state index in [1.54, 1.807) is 7.11 Å². The maximum Gasteiger partial charge on any atom is 0.303 e. The Labute approximate surface area is 151 Å². The molecule has 0 aliphatic rings. The second kappa shape index (κ2) is 8.36. The predicted octanol–water partition coefficient (Wildman–Crippen LogP) is 4.82. The number of benzene rings is 2. The molecule has 0 atom stereocenters. The molecule has 2 aromatic rings. The molecule has 4 nitrogen and oxygen atoms in total. The zero-order valence-electron chi connectivity index (χ0n) is 12.5. The van der Waals surface area contributed by atoms with E-state index in [4.69, 9.17) is 14.6 Å². The van der Waals surface area contributed by atoms with Crippen LogP contribution in [0, 0.1) is 0 Å². The van der Waals surface area contributed by atoms with Crippen molar-refractivity contribution in [2.24, 2.45) is 0 Å². The van der Waals surface area contributed by atoms with Crippen LogP contribution in [0.4, 0.5) is 0 Å². The summed E-state index contributed by atoms with van der Waals surface area (Å²) in [5.74, 6) is 0.663. The van der Waals surface area contributed by atoms with Crippen molar-refractivity contribution in [1.82, 2.24) is 0 Å². The van der Waals surface area contributed by atoms with Gasteiger partial charge in [-0.25, -0.2) is 0 Å². The number of hydrogen-bond acceptors (Lipinski definition) is 3. The van der Waals surface area contributed by atoms with Crippen LogP contribution < -0.4 is 9.47 Å². The Morgan fingerprint density at radius 1 is 1.13 bits per heavy atom. The van der Waals surface area contributed by atoms with Crippen molar-refractivity contribution in [2.45, 2.75) is 19.4 Å². The first kappa shape index (κ1) is 17.8. The monoisotopic (exact) mass is 442 g/mol. The summed E-state index contributed by atoms with van der Waals surface area (Å²) in [6, 6.07) is 11.4. The minimum absolute atomic E-state index is 0.100. The van der Waals surface area contributed by atoms with E-state index >= 15 is 0 Å². The highest BCUT2D eigenvalue weighted by molar-refractivity contribution is 9.11. The third-order valence-electron chi connectivity index (χ3n) is 3.20. The number of ether oxygens (including phenoxy) is 2. The Hall–Kier alpha value is -1.53. The van der Waals surface area contributed by atoms with Crippen LogP contribution in [0.15, 0.2) is 45.3 Å². The smallest absolute Gasteiger partial charge is 0.303 e. The summed E-state index contributed by atoms with van der Waals surface area (Å²) in [6.07, 6.45) is 0.575. The lowest BCUT2D eigenvalue weighted by Gasteiger charge is -2.12. The standard InChI is InChI=1S/C17H16Br2O4/c1-22-13-4-2-3-12(7-13)10-23-17-14(18)8-11(9-15(17)19)5-6-16(20)21/h2-4,7-9H,5-6,10H2,1H3,(H,20,21). The van der Waals surface area contributed by atoms with Crippen LogP contribution in [0.5, 0.6) is 11.5 Å². The molecule has 0 saturated heterocycles. The largest absolute Gasteiger partial charge is 0.497 e. The van der Waals surface area contributed by atoms with Crippen LogP contribution in [0.1, 0.15) is 17.5 Å². The minimum Gasteiger partial charge on any atom is -0.497 e. The van der Waals surface area contributed by atoms with Crippen LogP contribution >= 0.6 is 31.9 Å². The third-order valence-corrected chi connectivity index (χ3v) is 4.38. The van der Waals surface area contributed by atoms with Crippen LogP contribution in [-0.2, 0) is 17.8 Å². The number of halogens is 2. The number of carbonyl (C=O) groups is 1. The maximum absolute atomic E-state index is 10.7. The number of carboxylic acids is 1. The molecule has 0 amide bonds. The molecule has 0 aromatic heterocycles. The molecule has 0 heterocycles. The first-order valence-corrected chi connectivity index (χ1v) is 8.53. The van der Waals surface area contributed by atoms with Crippen LogP contribution in [0.25, 0.3) is 0 Å². The van der Waals surface area contributed by atoms with Crippen molar-refractivity contribution in [2.75, 3.05) is 7.11 Å². The lowest BCUT2D eigenvalue weighted by Crippen LogP contribution is -2.00. The number of aryl methyl sites for hydroxylation is 1. The van der Waals surface area contributed by atoms with Gasteiger partial charge in [-0.2, -0.15) is 0 Å². The molecular formula is C17H16Br2O4. The number of carboxylic acid groups (broad SMARTS) is 1. The summed E-state index contributed by atoms with van der Waals surface area (Å²) >= 11 is 6.96. The highest BCUT2D eigenvalue weighted by atomic mass is 79.9. The van der Waals surface area contributed by atoms with Crippen molar-refractivity contribution in [3.8, 4) is 11.5 Å². The molecule has 0 bridgehead atoms. The number of aliphatic carboxylic acids is 1. The topological polar surface area (TPSA) is 55.8 Å². The number of hydrogen-bond donors (Lipinski definition) is 1. The van der Waals surface area contributed by atoms with Crippen LogP contribution in [0.3, 0.4) is 0 Å². The summed E-state index contributed by atoms with van der Waals surface area (Å²) in [6.45, 7) is 0.406. The Kier molecular flexibility index (Phi) is 6.47. The van der Waals surface area contributed by atoms with Gasteiger partial charge in [0.05, 0.1) is 16.1 Å². The zero-order valence-corrected chi connectivity index (χ0v) is 15.7. The summed E-state index contributed by atoms with van der Waals surface area (Å²) in [4.78, 5) is 10.7. The Bertz CT molecular complexity index is 678. The van der Waals surface area contributed by atoms with Gasteiger partial charge in [0.25, 0.3) is 0 Å². The van der Waals surface area contributed by atoms with Gasteiger partial charge in [-0.05, 0) is 73.7 Å². The van der Waals surface area contributed by atoms with E-state index in [-0.39, 0.29) is 6.42 Å². The van der Waals surface area contributed by atoms with Gasteiger partial charge in [-0.15, -0.1) is 0 Å². The Morgan fingerprint density at radius 3 is 2.43 bits per heavy atom. The van der Waals surface area contributed by atoms with E-state index in [1.165, 1.54) is 0 Å². The zero-order chi connectivity index (χ0) is 16.8. The van der Waals surface area contributed by atoms with Crippen LogP contribution in [0.2, 0.25) is 0 Å². The van der Waals surface area contributed by atoms with E-state index < -0.39 is 5.97 Å². The summed E-state index contributed by atoms with van der Waals surface area (Å²) < 4.78 is 12.6. The fraction of sp³-hybridized carbons (Fsp3) is 0.235. The van der Waals surface area contributed by atoms with Crippen molar-refractivity contribution in [3.05, 3.63) is 56.5 Å². The molecule has 0 aliphatic carbocycles. The van der Waals surface area contributed by atoms with E-state index in [9.17, 15) is 4.79 Å². The molecule has 0 spiro atoms. The maximum atomic E-state index is 10.7. The van der Waals surface area contributed by atoms with Gasteiger partial charge in [0.1, 0.15) is 18.1 Å². The van der Waals surface area contributed by atoms with Crippen molar-refractivity contribution in [3.63, 3.8) is 0 Å². The molecular weight excluding hydrogens is 428 g/mol. The second-order valence-corrected chi connectivity index (χ2v) is 6.63. The van der Waals surface area contributed by atoms with Gasteiger partial charge >= 0.3 is 5.97 Å². The average Bonchev–Trinajstić information content (AvgIpc) is 2.52. The van der Waals surface area contributed by atoms with Crippen molar-refractivity contribution < 1.29 is 19.4 Å². The molecule has 0 fully saturated rings. The first-order valence-electron chi connectivity index (χ1n) is 6.95. The third kappa shape index (κ3) is 5.25. The normalized spacial score (nSPS) is 10.4. The van der Waals surface area contributed by atoms with Gasteiger partial charge in [0.2, 0.25) is 0 Å². The minimum atomic E-state index is -0.810. The molecule has 122 valence electrons. The number of rotatable bonds is 7. The molecule has 2 aromatic carbocycles. The summed E-state index contributed by atoms with van der Waals surface area (Å²) in [5, 5.41) is 8.76. The molecule has 6 heteroatoms. The van der Waals surface area contributed by atoms with Gasteiger partial charge < -0.3 is 14.6 Å². The lowest BCUT2D eigenvalue weighted by atomic mass is 10.1. The fourth-order valence-electron chi connectivity index (χ4n) is 2.06. The Morgan fingerprint density at radius 2 is 1.83 bits per heavy atom. The molecule has 0 aliphatic heterocycles. The van der Waals surface area contributed by atoms with Gasteiger partial charge in [0, 0.05) is 6.42 Å². The molecule has 0 radical (unpaired) electrons. The van der Waals surface area contributed by atoms with Crippen molar-refractivity contribution >= 4 is 37.8 Å². The van der Waals surface area contributed by atoms with E-state index in [0.717, 1.165) is 25.8 Å². The van der Waals surface area contributed by atoms with Crippen LogP contribution in [-0.4, -0.2) is 18.2 Å². The predicted molar refractivity (Wildman–Crippen MR) is 95.1 cm³/mol. The molecule has 23 heavy (non-hydrogen) atoms. The second-order valence-electron chi connectivity index (χ2n) is 4.92. The van der Waals surface area contributed by atoms with E-state index in [2.05, 4.69) is 31.9 Å². The fourth-order valence-corrected chi connectivity index (χ4v) is 3.57. The average molecular weight is 444 g/mol. The first-order chi connectivity index (χ1) is 11.0. The highest BCUT2D eigenvalue weighted by Crippen LogP contribution is 2.35. The lowest BCUT2D eigenvalue weighted by molar-refractivity contribution is -0.136.